The Morgan fingerprint density at radius 1 is 1.30 bits per heavy atom. The molecule has 0 aliphatic carbocycles. The maximum atomic E-state index is 13.6. The van der Waals surface area contributed by atoms with Crippen molar-refractivity contribution >= 4 is 11.7 Å². The molecule has 1 saturated heterocycles. The van der Waals surface area contributed by atoms with Gasteiger partial charge in [0.15, 0.2) is 5.78 Å². The third-order valence-electron chi connectivity index (χ3n) is 4.17. The highest BCUT2D eigenvalue weighted by Gasteiger charge is 2.24. The van der Waals surface area contributed by atoms with Gasteiger partial charge >= 0.3 is 0 Å². The lowest BCUT2D eigenvalue weighted by Crippen LogP contribution is -2.41. The maximum absolute atomic E-state index is 13.6. The van der Waals surface area contributed by atoms with Crippen LogP contribution in [0.15, 0.2) is 24.3 Å². The van der Waals surface area contributed by atoms with Gasteiger partial charge in [-0.05, 0) is 37.8 Å². The molecular formula is C18H24FNO3. The van der Waals surface area contributed by atoms with Crippen LogP contribution in [-0.2, 0) is 9.53 Å². The van der Waals surface area contributed by atoms with E-state index in [0.717, 1.165) is 19.4 Å². The van der Waals surface area contributed by atoms with Crippen LogP contribution in [0.25, 0.3) is 0 Å². The maximum Gasteiger partial charge on any atom is 0.223 e. The first-order valence-electron chi connectivity index (χ1n) is 8.25. The van der Waals surface area contributed by atoms with Crippen LogP contribution in [0.5, 0.6) is 0 Å². The summed E-state index contributed by atoms with van der Waals surface area (Å²) in [6.07, 6.45) is 2.21. The van der Waals surface area contributed by atoms with Crippen molar-refractivity contribution < 1.29 is 18.7 Å². The van der Waals surface area contributed by atoms with Crippen LogP contribution in [0, 0.1) is 11.7 Å². The van der Waals surface area contributed by atoms with E-state index in [1.54, 1.807) is 12.1 Å². The van der Waals surface area contributed by atoms with E-state index in [-0.39, 0.29) is 30.1 Å². The summed E-state index contributed by atoms with van der Waals surface area (Å²) in [5, 5.41) is 0. The van der Waals surface area contributed by atoms with Crippen LogP contribution in [-0.4, -0.2) is 42.9 Å². The second-order valence-electron chi connectivity index (χ2n) is 5.91. The number of benzene rings is 1. The van der Waals surface area contributed by atoms with Crippen LogP contribution >= 0.6 is 0 Å². The highest BCUT2D eigenvalue weighted by atomic mass is 19.1. The van der Waals surface area contributed by atoms with Gasteiger partial charge in [0, 0.05) is 32.5 Å². The molecule has 4 nitrogen and oxygen atoms in total. The van der Waals surface area contributed by atoms with E-state index in [2.05, 4.69) is 0 Å². The van der Waals surface area contributed by atoms with Crippen LogP contribution in [0.4, 0.5) is 4.39 Å². The molecule has 1 aromatic carbocycles. The molecule has 1 aliphatic heterocycles. The number of carbonyl (C=O) groups excluding carboxylic acids is 2. The van der Waals surface area contributed by atoms with E-state index >= 15 is 0 Å². The number of hydrogen-bond acceptors (Lipinski definition) is 3. The molecule has 1 amide bonds. The number of amides is 1. The number of piperidine rings is 1. The lowest BCUT2D eigenvalue weighted by atomic mass is 9.98. The Morgan fingerprint density at radius 2 is 2.09 bits per heavy atom. The summed E-state index contributed by atoms with van der Waals surface area (Å²) >= 11 is 0. The van der Waals surface area contributed by atoms with E-state index in [1.165, 1.54) is 12.1 Å². The van der Waals surface area contributed by atoms with Crippen molar-refractivity contribution in [2.45, 2.75) is 32.6 Å². The monoisotopic (exact) mass is 321 g/mol. The fourth-order valence-electron chi connectivity index (χ4n) is 2.91. The molecule has 0 bridgehead atoms. The lowest BCUT2D eigenvalue weighted by Gasteiger charge is -2.32. The zero-order valence-corrected chi connectivity index (χ0v) is 13.6. The minimum Gasteiger partial charge on any atom is -0.381 e. The van der Waals surface area contributed by atoms with Crippen molar-refractivity contribution in [2.75, 3.05) is 26.3 Å². The van der Waals surface area contributed by atoms with Gasteiger partial charge in [-0.25, -0.2) is 4.39 Å². The first-order valence-corrected chi connectivity index (χ1v) is 8.25. The van der Waals surface area contributed by atoms with Gasteiger partial charge in [-0.1, -0.05) is 12.1 Å². The molecule has 1 fully saturated rings. The molecule has 0 aromatic heterocycles. The first-order chi connectivity index (χ1) is 11.1. The molecule has 1 aliphatic rings. The van der Waals surface area contributed by atoms with E-state index in [1.807, 2.05) is 11.8 Å². The molecule has 5 heteroatoms. The predicted molar refractivity (Wildman–Crippen MR) is 85.8 cm³/mol. The minimum atomic E-state index is -0.528. The zero-order valence-electron chi connectivity index (χ0n) is 13.6. The minimum absolute atomic E-state index is 0.0316. The Bertz CT molecular complexity index is 547. The van der Waals surface area contributed by atoms with Crippen molar-refractivity contribution in [3.05, 3.63) is 35.6 Å². The van der Waals surface area contributed by atoms with E-state index in [4.69, 9.17) is 4.74 Å². The summed E-state index contributed by atoms with van der Waals surface area (Å²) in [4.78, 5) is 26.1. The Kier molecular flexibility index (Phi) is 6.71. The largest absolute Gasteiger partial charge is 0.381 e. The average molecular weight is 321 g/mol. The lowest BCUT2D eigenvalue weighted by molar-refractivity contribution is -0.133. The highest BCUT2D eigenvalue weighted by Crippen LogP contribution is 2.18. The number of likely N-dealkylation sites (tertiary alicyclic amines) is 1. The summed E-state index contributed by atoms with van der Waals surface area (Å²) in [5.74, 6) is -0.509. The van der Waals surface area contributed by atoms with Crippen LogP contribution < -0.4 is 0 Å². The van der Waals surface area contributed by atoms with Crippen LogP contribution in [0.3, 0.4) is 0 Å². The molecule has 0 spiro atoms. The summed E-state index contributed by atoms with van der Waals surface area (Å²) in [7, 11) is 0. The fourth-order valence-corrected chi connectivity index (χ4v) is 2.91. The molecule has 0 saturated carbocycles. The topological polar surface area (TPSA) is 46.6 Å². The number of Topliss-reactive ketones (excluding diaryl/α,β-unsaturated/α-hetero) is 1. The van der Waals surface area contributed by atoms with Gasteiger partial charge in [0.05, 0.1) is 12.2 Å². The smallest absolute Gasteiger partial charge is 0.223 e. The third kappa shape index (κ3) is 5.13. The van der Waals surface area contributed by atoms with Crippen molar-refractivity contribution in [1.82, 2.24) is 4.90 Å². The molecule has 126 valence electrons. The molecule has 1 unspecified atom stereocenters. The van der Waals surface area contributed by atoms with Crippen LogP contribution in [0.2, 0.25) is 0 Å². The molecule has 1 aromatic rings. The highest BCUT2D eigenvalue weighted by molar-refractivity contribution is 5.98. The number of ketones is 1. The number of nitrogens with zero attached hydrogens (tertiary/aromatic N) is 1. The van der Waals surface area contributed by atoms with Gasteiger partial charge in [-0.15, -0.1) is 0 Å². The SMILES string of the molecule is CCOCC1CCCN(C(=O)CCC(=O)c2ccccc2F)C1. The van der Waals surface area contributed by atoms with Crippen molar-refractivity contribution in [3.63, 3.8) is 0 Å². The number of hydrogen-bond donors (Lipinski definition) is 0. The fraction of sp³-hybridized carbons (Fsp3) is 0.556. The Morgan fingerprint density at radius 3 is 2.83 bits per heavy atom. The van der Waals surface area contributed by atoms with Gasteiger partial charge < -0.3 is 9.64 Å². The molecule has 2 rings (SSSR count). The number of halogens is 1. The molecule has 0 radical (unpaired) electrons. The van der Waals surface area contributed by atoms with Crippen molar-refractivity contribution in [3.8, 4) is 0 Å². The standard InChI is InChI=1S/C18H24FNO3/c1-2-23-13-14-6-5-11-20(12-14)18(22)10-9-17(21)15-7-3-4-8-16(15)19/h3-4,7-8,14H,2,5-6,9-13H2,1H3. The second-order valence-corrected chi connectivity index (χ2v) is 5.91. The molecule has 0 N–H and O–H groups in total. The average Bonchev–Trinajstić information content (AvgIpc) is 2.58. The van der Waals surface area contributed by atoms with Crippen molar-refractivity contribution in [1.29, 1.82) is 0 Å². The molecular weight excluding hydrogens is 297 g/mol. The van der Waals surface area contributed by atoms with Gasteiger partial charge in [0.1, 0.15) is 5.82 Å². The Hall–Kier alpha value is -1.75. The van der Waals surface area contributed by atoms with E-state index in [9.17, 15) is 14.0 Å². The number of ether oxygens (including phenoxy) is 1. The number of carbonyl (C=O) groups is 2. The van der Waals surface area contributed by atoms with Gasteiger partial charge in [-0.2, -0.15) is 0 Å². The Labute approximate surface area is 136 Å². The molecule has 23 heavy (non-hydrogen) atoms. The van der Waals surface area contributed by atoms with Gasteiger partial charge in [0.2, 0.25) is 5.91 Å². The molecule has 1 heterocycles. The zero-order chi connectivity index (χ0) is 16.7. The summed E-state index contributed by atoms with van der Waals surface area (Å²) in [6, 6.07) is 5.89. The number of rotatable bonds is 7. The van der Waals surface area contributed by atoms with Gasteiger partial charge in [-0.3, -0.25) is 9.59 Å². The second kappa shape index (κ2) is 8.77. The normalized spacial score (nSPS) is 18.0. The van der Waals surface area contributed by atoms with E-state index in [0.29, 0.717) is 25.7 Å². The summed E-state index contributed by atoms with van der Waals surface area (Å²) in [6.45, 7) is 4.73. The van der Waals surface area contributed by atoms with E-state index < -0.39 is 5.82 Å². The summed E-state index contributed by atoms with van der Waals surface area (Å²) < 4.78 is 19.0. The summed E-state index contributed by atoms with van der Waals surface area (Å²) in [5.41, 5.74) is 0.0631. The quantitative estimate of drug-likeness (QED) is 0.725. The van der Waals surface area contributed by atoms with Crippen LogP contribution in [0.1, 0.15) is 43.0 Å². The predicted octanol–water partition coefficient (Wildman–Crippen LogP) is 3.06. The third-order valence-corrected chi connectivity index (χ3v) is 4.17. The van der Waals surface area contributed by atoms with Crippen molar-refractivity contribution in [2.24, 2.45) is 5.92 Å². The van der Waals surface area contributed by atoms with Gasteiger partial charge in [0.25, 0.3) is 0 Å². The molecule has 1 atom stereocenters. The first kappa shape index (κ1) is 17.6. The Balaban J connectivity index is 1.82.